The standard InChI is InChI=1S/C13H19NO2/c1-13(2,3)16-12(15)14-10-6-4-7-11(14)9-5-8-10/h4,6-7,10H,5,8-9H2,1-3H3/t10-/m1/s1. The van der Waals surface area contributed by atoms with Gasteiger partial charge in [-0.15, -0.1) is 0 Å². The summed E-state index contributed by atoms with van der Waals surface area (Å²) in [6.45, 7) is 5.69. The summed E-state index contributed by atoms with van der Waals surface area (Å²) in [6.07, 6.45) is 9.08. The van der Waals surface area contributed by atoms with Crippen LogP contribution in [0, 0.1) is 0 Å². The Morgan fingerprint density at radius 2 is 2.25 bits per heavy atom. The van der Waals surface area contributed by atoms with Crippen LogP contribution >= 0.6 is 0 Å². The molecule has 2 bridgehead atoms. The Morgan fingerprint density at radius 1 is 1.50 bits per heavy atom. The lowest BCUT2D eigenvalue weighted by atomic mass is 9.96. The van der Waals surface area contributed by atoms with Crippen LogP contribution in [0.25, 0.3) is 0 Å². The van der Waals surface area contributed by atoms with Crippen molar-refractivity contribution in [1.29, 1.82) is 0 Å². The summed E-state index contributed by atoms with van der Waals surface area (Å²) < 4.78 is 5.43. The minimum atomic E-state index is -0.424. The van der Waals surface area contributed by atoms with E-state index < -0.39 is 5.60 Å². The van der Waals surface area contributed by atoms with Crippen LogP contribution in [-0.2, 0) is 4.74 Å². The Balaban J connectivity index is 2.13. The molecule has 1 atom stereocenters. The second-order valence-corrected chi connectivity index (χ2v) is 5.35. The van der Waals surface area contributed by atoms with Gasteiger partial charge in [-0.25, -0.2) is 4.79 Å². The fourth-order valence-electron chi connectivity index (χ4n) is 2.16. The van der Waals surface area contributed by atoms with Crippen molar-refractivity contribution in [3.8, 4) is 0 Å². The van der Waals surface area contributed by atoms with Crippen molar-refractivity contribution in [2.24, 2.45) is 0 Å². The van der Waals surface area contributed by atoms with Crippen LogP contribution in [0.5, 0.6) is 0 Å². The van der Waals surface area contributed by atoms with Crippen molar-refractivity contribution in [2.45, 2.75) is 51.7 Å². The number of piperidine rings is 1. The van der Waals surface area contributed by atoms with Crippen molar-refractivity contribution < 1.29 is 9.53 Å². The maximum atomic E-state index is 12.1. The van der Waals surface area contributed by atoms with E-state index in [-0.39, 0.29) is 12.1 Å². The summed E-state index contributed by atoms with van der Waals surface area (Å²) in [5, 5.41) is 0. The number of hydrogen-bond donors (Lipinski definition) is 0. The summed E-state index contributed by atoms with van der Waals surface area (Å²) >= 11 is 0. The van der Waals surface area contributed by atoms with E-state index in [1.165, 1.54) is 0 Å². The highest BCUT2D eigenvalue weighted by Gasteiger charge is 2.33. The number of amides is 1. The Kier molecular flexibility index (Phi) is 2.78. The second-order valence-electron chi connectivity index (χ2n) is 5.35. The van der Waals surface area contributed by atoms with Crippen molar-refractivity contribution in [2.75, 3.05) is 0 Å². The number of carbonyl (C=O) groups excluding carboxylic acids is 1. The lowest BCUT2D eigenvalue weighted by Gasteiger charge is -2.38. The largest absolute Gasteiger partial charge is 0.443 e. The molecule has 0 saturated carbocycles. The van der Waals surface area contributed by atoms with E-state index in [1.807, 2.05) is 32.9 Å². The maximum Gasteiger partial charge on any atom is 0.415 e. The molecule has 0 aromatic heterocycles. The van der Waals surface area contributed by atoms with Gasteiger partial charge in [-0.3, -0.25) is 4.90 Å². The lowest BCUT2D eigenvalue weighted by Crippen LogP contribution is -2.44. The molecule has 0 radical (unpaired) electrons. The molecule has 3 heteroatoms. The van der Waals surface area contributed by atoms with Gasteiger partial charge in [0.15, 0.2) is 0 Å². The van der Waals surface area contributed by atoms with Crippen LogP contribution < -0.4 is 0 Å². The zero-order chi connectivity index (χ0) is 11.8. The molecule has 16 heavy (non-hydrogen) atoms. The fourth-order valence-corrected chi connectivity index (χ4v) is 2.16. The van der Waals surface area contributed by atoms with Crippen LogP contribution in [0.4, 0.5) is 4.79 Å². The number of rotatable bonds is 0. The minimum Gasteiger partial charge on any atom is -0.443 e. The first-order valence-corrected chi connectivity index (χ1v) is 5.87. The molecule has 0 aliphatic carbocycles. The minimum absolute atomic E-state index is 0.198. The smallest absolute Gasteiger partial charge is 0.415 e. The molecule has 1 amide bonds. The summed E-state index contributed by atoms with van der Waals surface area (Å²) in [4.78, 5) is 13.9. The molecule has 0 spiro atoms. The Morgan fingerprint density at radius 3 is 2.88 bits per heavy atom. The SMILES string of the molecule is CC(C)(C)OC(=O)N1C2=CC=C[C@@H]1CCC2. The number of carbonyl (C=O) groups is 1. The normalized spacial score (nSPS) is 24.1. The maximum absolute atomic E-state index is 12.1. The van der Waals surface area contributed by atoms with Crippen LogP contribution in [-0.4, -0.2) is 22.6 Å². The first kappa shape index (κ1) is 11.2. The average Bonchev–Trinajstić information content (AvgIpc) is 2.13. The molecular formula is C13H19NO2. The van der Waals surface area contributed by atoms with Crippen LogP contribution in [0.2, 0.25) is 0 Å². The number of hydrogen-bond acceptors (Lipinski definition) is 2. The van der Waals surface area contributed by atoms with Gasteiger partial charge in [0.2, 0.25) is 0 Å². The summed E-state index contributed by atoms with van der Waals surface area (Å²) in [5.41, 5.74) is 0.667. The van der Waals surface area contributed by atoms with E-state index >= 15 is 0 Å². The molecule has 1 fully saturated rings. The molecule has 2 heterocycles. The van der Waals surface area contributed by atoms with Gasteiger partial charge in [0, 0.05) is 5.70 Å². The molecule has 3 nitrogen and oxygen atoms in total. The summed E-state index contributed by atoms with van der Waals surface area (Å²) in [7, 11) is 0. The molecule has 1 saturated heterocycles. The second kappa shape index (κ2) is 3.96. The molecule has 0 N–H and O–H groups in total. The van der Waals surface area contributed by atoms with Crippen molar-refractivity contribution in [1.82, 2.24) is 4.90 Å². The predicted molar refractivity (Wildman–Crippen MR) is 62.9 cm³/mol. The van der Waals surface area contributed by atoms with Gasteiger partial charge in [-0.2, -0.15) is 0 Å². The van der Waals surface area contributed by atoms with Gasteiger partial charge >= 0.3 is 6.09 Å². The van der Waals surface area contributed by atoms with E-state index in [9.17, 15) is 4.79 Å². The van der Waals surface area contributed by atoms with Crippen LogP contribution in [0.1, 0.15) is 40.0 Å². The third-order valence-electron chi connectivity index (χ3n) is 2.79. The van der Waals surface area contributed by atoms with Gasteiger partial charge in [-0.05, 0) is 46.1 Å². The molecule has 2 aliphatic heterocycles. The van der Waals surface area contributed by atoms with Gasteiger partial charge in [0.25, 0.3) is 0 Å². The first-order valence-electron chi connectivity index (χ1n) is 5.87. The Bertz CT molecular complexity index is 349. The number of ether oxygens (including phenoxy) is 1. The van der Waals surface area contributed by atoms with Crippen LogP contribution in [0.15, 0.2) is 23.9 Å². The Hall–Kier alpha value is -1.25. The lowest BCUT2D eigenvalue weighted by molar-refractivity contribution is 0.0230. The zero-order valence-electron chi connectivity index (χ0n) is 10.2. The van der Waals surface area contributed by atoms with E-state index in [2.05, 4.69) is 6.08 Å². The van der Waals surface area contributed by atoms with Gasteiger partial charge in [0.05, 0.1) is 6.04 Å². The average molecular weight is 221 g/mol. The topological polar surface area (TPSA) is 29.5 Å². The van der Waals surface area contributed by atoms with E-state index in [1.54, 1.807) is 4.90 Å². The van der Waals surface area contributed by atoms with E-state index in [0.29, 0.717) is 0 Å². The Labute approximate surface area is 96.8 Å². The van der Waals surface area contributed by atoms with Gasteiger partial charge in [0.1, 0.15) is 5.60 Å². The molecular weight excluding hydrogens is 202 g/mol. The molecule has 88 valence electrons. The number of allylic oxidation sites excluding steroid dienone is 3. The monoisotopic (exact) mass is 221 g/mol. The molecule has 0 aromatic rings. The molecule has 0 aromatic carbocycles. The fraction of sp³-hybridized carbons (Fsp3) is 0.615. The third kappa shape index (κ3) is 2.29. The van der Waals surface area contributed by atoms with Crippen LogP contribution in [0.3, 0.4) is 0 Å². The predicted octanol–water partition coefficient (Wildman–Crippen LogP) is 3.23. The summed E-state index contributed by atoms with van der Waals surface area (Å²) in [5.74, 6) is 0. The van der Waals surface area contributed by atoms with E-state index in [4.69, 9.17) is 4.74 Å². The highest BCUT2D eigenvalue weighted by Crippen LogP contribution is 2.31. The zero-order valence-corrected chi connectivity index (χ0v) is 10.2. The summed E-state index contributed by atoms with van der Waals surface area (Å²) in [6, 6.07) is 0.198. The first-order chi connectivity index (χ1) is 7.47. The third-order valence-corrected chi connectivity index (χ3v) is 2.79. The van der Waals surface area contributed by atoms with Gasteiger partial charge in [-0.1, -0.05) is 12.2 Å². The molecule has 0 unspecified atom stereocenters. The van der Waals surface area contributed by atoms with Gasteiger partial charge < -0.3 is 4.74 Å². The number of fused-ring (bicyclic) bond motifs is 2. The van der Waals surface area contributed by atoms with Crippen molar-refractivity contribution >= 4 is 6.09 Å². The molecule has 2 rings (SSSR count). The highest BCUT2D eigenvalue weighted by atomic mass is 16.6. The van der Waals surface area contributed by atoms with Crippen molar-refractivity contribution in [3.05, 3.63) is 23.9 Å². The number of nitrogens with zero attached hydrogens (tertiary/aromatic N) is 1. The van der Waals surface area contributed by atoms with Crippen molar-refractivity contribution in [3.63, 3.8) is 0 Å². The van der Waals surface area contributed by atoms with E-state index in [0.717, 1.165) is 25.0 Å². The highest BCUT2D eigenvalue weighted by molar-refractivity contribution is 5.72. The quantitative estimate of drug-likeness (QED) is 0.628. The molecule has 2 aliphatic rings.